The van der Waals surface area contributed by atoms with Crippen molar-refractivity contribution in [2.75, 3.05) is 7.11 Å². The molecule has 0 aromatic heterocycles. The van der Waals surface area contributed by atoms with Gasteiger partial charge >= 0.3 is 0 Å². The van der Waals surface area contributed by atoms with Crippen LogP contribution in [0.5, 0.6) is 11.5 Å². The molecule has 31 heavy (non-hydrogen) atoms. The van der Waals surface area contributed by atoms with E-state index in [0.29, 0.717) is 33.2 Å². The van der Waals surface area contributed by atoms with Gasteiger partial charge in [-0.1, -0.05) is 23.7 Å². The number of hydrazone groups is 1. The lowest BCUT2D eigenvalue weighted by atomic mass is 10.2. The second-order valence-electron chi connectivity index (χ2n) is 6.33. The largest absolute Gasteiger partial charge is 0.493 e. The van der Waals surface area contributed by atoms with E-state index >= 15 is 0 Å². The second kappa shape index (κ2) is 10.2. The molecule has 0 heterocycles. The molecule has 0 unspecified atom stereocenters. The van der Waals surface area contributed by atoms with Crippen molar-refractivity contribution in [3.63, 3.8) is 0 Å². The average molecular weight is 440 g/mol. The van der Waals surface area contributed by atoms with Gasteiger partial charge in [-0.2, -0.15) is 5.10 Å². The van der Waals surface area contributed by atoms with E-state index in [9.17, 15) is 14.9 Å². The summed E-state index contributed by atoms with van der Waals surface area (Å²) in [7, 11) is 1.50. The Morgan fingerprint density at radius 1 is 1.13 bits per heavy atom. The van der Waals surface area contributed by atoms with Crippen LogP contribution in [0.25, 0.3) is 0 Å². The number of carbonyl (C=O) groups excluding carboxylic acids is 1. The number of amides is 1. The fourth-order valence-electron chi connectivity index (χ4n) is 2.64. The van der Waals surface area contributed by atoms with Crippen molar-refractivity contribution in [1.29, 1.82) is 0 Å². The first-order chi connectivity index (χ1) is 15.0. The minimum Gasteiger partial charge on any atom is -0.493 e. The molecule has 3 aromatic rings. The summed E-state index contributed by atoms with van der Waals surface area (Å²) in [5.74, 6) is 0.562. The van der Waals surface area contributed by atoms with Gasteiger partial charge in [-0.3, -0.25) is 14.9 Å². The maximum atomic E-state index is 12.1. The summed E-state index contributed by atoms with van der Waals surface area (Å²) in [5, 5.41) is 15.4. The highest BCUT2D eigenvalue weighted by molar-refractivity contribution is 6.30. The quantitative estimate of drug-likeness (QED) is 0.314. The standard InChI is InChI=1S/C22H18ClN3O5/c1-30-21-12-15(13-24-25-22(27)17-6-8-18(23)9-7-17)5-10-20(21)31-14-16-3-2-4-19(11-16)26(28)29/h2-13H,14H2,1H3,(H,25,27)/b24-13-. The van der Waals surface area contributed by atoms with Crippen molar-refractivity contribution in [2.24, 2.45) is 5.10 Å². The number of non-ortho nitro benzene ring substituents is 1. The Balaban J connectivity index is 1.63. The molecule has 1 N–H and O–H groups in total. The molecule has 3 aromatic carbocycles. The van der Waals surface area contributed by atoms with Crippen LogP contribution >= 0.6 is 11.6 Å². The van der Waals surface area contributed by atoms with Gasteiger partial charge in [0, 0.05) is 22.7 Å². The third-order valence-corrected chi connectivity index (χ3v) is 4.44. The Bertz CT molecular complexity index is 1120. The molecule has 0 atom stereocenters. The van der Waals surface area contributed by atoms with Gasteiger partial charge in [0.15, 0.2) is 11.5 Å². The number of carbonyl (C=O) groups is 1. The molecule has 1 amide bonds. The zero-order valence-electron chi connectivity index (χ0n) is 16.4. The molecule has 0 aliphatic carbocycles. The molecule has 0 radical (unpaired) electrons. The van der Waals surface area contributed by atoms with Crippen LogP contribution in [0.2, 0.25) is 5.02 Å². The topological polar surface area (TPSA) is 103 Å². The minimum atomic E-state index is -0.454. The predicted octanol–water partition coefficient (Wildman–Crippen LogP) is 4.60. The number of nitrogens with one attached hydrogen (secondary N) is 1. The monoisotopic (exact) mass is 439 g/mol. The maximum Gasteiger partial charge on any atom is 0.271 e. The summed E-state index contributed by atoms with van der Waals surface area (Å²) >= 11 is 5.81. The normalized spacial score (nSPS) is 10.6. The average Bonchev–Trinajstić information content (AvgIpc) is 2.78. The second-order valence-corrected chi connectivity index (χ2v) is 6.77. The third kappa shape index (κ3) is 6.03. The summed E-state index contributed by atoms with van der Waals surface area (Å²) in [5.41, 5.74) is 4.21. The molecule has 0 aliphatic heterocycles. The molecule has 0 bridgehead atoms. The molecule has 3 rings (SSSR count). The van der Waals surface area contributed by atoms with E-state index in [2.05, 4.69) is 10.5 Å². The van der Waals surface area contributed by atoms with Crippen molar-refractivity contribution >= 4 is 29.4 Å². The molecule has 0 saturated carbocycles. The van der Waals surface area contributed by atoms with E-state index in [1.807, 2.05) is 0 Å². The number of nitro groups is 1. The van der Waals surface area contributed by atoms with Crippen molar-refractivity contribution in [1.82, 2.24) is 5.43 Å². The van der Waals surface area contributed by atoms with Crippen LogP contribution in [0.4, 0.5) is 5.69 Å². The Morgan fingerprint density at radius 3 is 2.61 bits per heavy atom. The van der Waals surface area contributed by atoms with Crippen LogP contribution in [-0.4, -0.2) is 24.2 Å². The van der Waals surface area contributed by atoms with E-state index in [4.69, 9.17) is 21.1 Å². The maximum absolute atomic E-state index is 12.1. The lowest BCUT2D eigenvalue weighted by molar-refractivity contribution is -0.384. The van der Waals surface area contributed by atoms with Gasteiger partial charge in [0.1, 0.15) is 6.61 Å². The van der Waals surface area contributed by atoms with E-state index in [1.165, 1.54) is 25.5 Å². The van der Waals surface area contributed by atoms with Gasteiger partial charge in [-0.15, -0.1) is 0 Å². The molecule has 8 nitrogen and oxygen atoms in total. The number of nitrogens with zero attached hydrogens (tertiary/aromatic N) is 2. The number of nitro benzene ring substituents is 1. The lowest BCUT2D eigenvalue weighted by Gasteiger charge is -2.11. The summed E-state index contributed by atoms with van der Waals surface area (Å²) < 4.78 is 11.1. The van der Waals surface area contributed by atoms with Crippen molar-refractivity contribution in [3.05, 3.63) is 98.6 Å². The van der Waals surface area contributed by atoms with Gasteiger partial charge in [0.25, 0.3) is 11.6 Å². The summed E-state index contributed by atoms with van der Waals surface area (Å²) in [6, 6.07) is 17.8. The molecule has 158 valence electrons. The third-order valence-electron chi connectivity index (χ3n) is 4.19. The number of benzene rings is 3. The van der Waals surface area contributed by atoms with Crippen LogP contribution in [0, 0.1) is 10.1 Å². The fourth-order valence-corrected chi connectivity index (χ4v) is 2.76. The fraction of sp³-hybridized carbons (Fsp3) is 0.0909. The smallest absolute Gasteiger partial charge is 0.271 e. The van der Waals surface area contributed by atoms with E-state index in [-0.39, 0.29) is 18.2 Å². The lowest BCUT2D eigenvalue weighted by Crippen LogP contribution is -2.17. The van der Waals surface area contributed by atoms with Gasteiger partial charge < -0.3 is 9.47 Å². The van der Waals surface area contributed by atoms with Gasteiger partial charge in [0.2, 0.25) is 0 Å². The molecule has 0 saturated heterocycles. The van der Waals surface area contributed by atoms with Crippen LogP contribution in [0.1, 0.15) is 21.5 Å². The van der Waals surface area contributed by atoms with E-state index in [1.54, 1.807) is 54.6 Å². The zero-order chi connectivity index (χ0) is 22.2. The highest BCUT2D eigenvalue weighted by Crippen LogP contribution is 2.28. The number of methoxy groups -OCH3 is 1. The number of ether oxygens (including phenoxy) is 2. The first-order valence-electron chi connectivity index (χ1n) is 9.09. The molecular weight excluding hydrogens is 422 g/mol. The first kappa shape index (κ1) is 21.8. The minimum absolute atomic E-state index is 0.000252. The number of halogens is 1. The summed E-state index contributed by atoms with van der Waals surface area (Å²) in [4.78, 5) is 22.5. The van der Waals surface area contributed by atoms with Gasteiger partial charge in [-0.25, -0.2) is 5.43 Å². The van der Waals surface area contributed by atoms with Gasteiger partial charge in [0.05, 0.1) is 18.2 Å². The predicted molar refractivity (Wildman–Crippen MR) is 117 cm³/mol. The molecule has 9 heteroatoms. The van der Waals surface area contributed by atoms with Crippen molar-refractivity contribution in [2.45, 2.75) is 6.61 Å². The van der Waals surface area contributed by atoms with Crippen molar-refractivity contribution in [3.8, 4) is 11.5 Å². The Labute approximate surface area is 183 Å². The molecule has 0 spiro atoms. The number of rotatable bonds is 8. The van der Waals surface area contributed by atoms with Gasteiger partial charge in [-0.05, 0) is 53.6 Å². The van der Waals surface area contributed by atoms with Crippen LogP contribution in [0.15, 0.2) is 71.8 Å². The van der Waals surface area contributed by atoms with Crippen LogP contribution < -0.4 is 14.9 Å². The zero-order valence-corrected chi connectivity index (χ0v) is 17.2. The summed E-state index contributed by atoms with van der Waals surface area (Å²) in [6.45, 7) is 0.141. The molecular formula is C22H18ClN3O5. The Kier molecular flexibility index (Phi) is 7.18. The number of hydrogen-bond acceptors (Lipinski definition) is 6. The first-order valence-corrected chi connectivity index (χ1v) is 9.47. The van der Waals surface area contributed by atoms with E-state index in [0.717, 1.165) is 0 Å². The number of hydrogen-bond donors (Lipinski definition) is 1. The highest BCUT2D eigenvalue weighted by Gasteiger charge is 2.09. The van der Waals surface area contributed by atoms with Crippen LogP contribution in [-0.2, 0) is 6.61 Å². The Hall–Kier alpha value is -3.91. The van der Waals surface area contributed by atoms with Crippen LogP contribution in [0.3, 0.4) is 0 Å². The van der Waals surface area contributed by atoms with Crippen molar-refractivity contribution < 1.29 is 19.2 Å². The summed E-state index contributed by atoms with van der Waals surface area (Å²) in [6.07, 6.45) is 1.47. The molecule has 0 aliphatic rings. The Morgan fingerprint density at radius 2 is 1.90 bits per heavy atom. The SMILES string of the molecule is COc1cc(/C=N\NC(=O)c2ccc(Cl)cc2)ccc1OCc1cccc([N+](=O)[O-])c1. The van der Waals surface area contributed by atoms with E-state index < -0.39 is 4.92 Å². The highest BCUT2D eigenvalue weighted by atomic mass is 35.5. The molecule has 0 fully saturated rings.